The molecule has 22 heavy (non-hydrogen) atoms. The predicted molar refractivity (Wildman–Crippen MR) is 84.1 cm³/mol. The van der Waals surface area contributed by atoms with Crippen molar-refractivity contribution in [2.75, 3.05) is 20.6 Å². The van der Waals surface area contributed by atoms with E-state index < -0.39 is 0 Å². The Balaban J connectivity index is 1.71. The van der Waals surface area contributed by atoms with Crippen LogP contribution in [0.1, 0.15) is 18.7 Å². The molecule has 1 amide bonds. The van der Waals surface area contributed by atoms with Crippen LogP contribution in [-0.4, -0.2) is 47.4 Å². The number of nitrogens with zero attached hydrogens (tertiary/aromatic N) is 3. The highest BCUT2D eigenvalue weighted by atomic mass is 16.4. The van der Waals surface area contributed by atoms with E-state index in [9.17, 15) is 4.79 Å². The lowest BCUT2D eigenvalue weighted by Crippen LogP contribution is -2.42. The molecule has 3 rings (SSSR count). The van der Waals surface area contributed by atoms with E-state index >= 15 is 0 Å². The van der Waals surface area contributed by atoms with Gasteiger partial charge in [0.05, 0.1) is 18.8 Å². The van der Waals surface area contributed by atoms with Crippen LogP contribution in [0.25, 0.3) is 11.3 Å². The van der Waals surface area contributed by atoms with Gasteiger partial charge >= 0.3 is 0 Å². The maximum absolute atomic E-state index is 12.2. The zero-order chi connectivity index (χ0) is 15.5. The molecule has 1 aliphatic rings. The van der Waals surface area contributed by atoms with Gasteiger partial charge in [0.1, 0.15) is 0 Å². The van der Waals surface area contributed by atoms with Gasteiger partial charge in [-0.15, -0.1) is 0 Å². The zero-order valence-electron chi connectivity index (χ0n) is 13.0. The molecule has 0 bridgehead atoms. The molecule has 5 nitrogen and oxygen atoms in total. The second kappa shape index (κ2) is 6.32. The van der Waals surface area contributed by atoms with Crippen molar-refractivity contribution in [3.8, 4) is 11.3 Å². The number of benzene rings is 1. The summed E-state index contributed by atoms with van der Waals surface area (Å²) in [4.78, 5) is 20.4. The molecule has 0 radical (unpaired) electrons. The van der Waals surface area contributed by atoms with E-state index in [-0.39, 0.29) is 11.9 Å². The Morgan fingerprint density at radius 2 is 2.14 bits per heavy atom. The molecule has 5 heteroatoms. The third kappa shape index (κ3) is 3.04. The minimum atomic E-state index is -0.0536. The van der Waals surface area contributed by atoms with Crippen LogP contribution in [0.3, 0.4) is 0 Å². The molecule has 1 aromatic carbocycles. The van der Waals surface area contributed by atoms with Crippen LogP contribution in [0.2, 0.25) is 0 Å². The van der Waals surface area contributed by atoms with Crippen LogP contribution in [0.15, 0.2) is 40.9 Å². The number of amides is 1. The number of hydrogen-bond donors (Lipinski definition) is 0. The van der Waals surface area contributed by atoms with Gasteiger partial charge in [-0.2, -0.15) is 0 Å². The Morgan fingerprint density at radius 1 is 1.36 bits per heavy atom. The van der Waals surface area contributed by atoms with Crippen LogP contribution in [0, 0.1) is 0 Å². The van der Waals surface area contributed by atoms with E-state index in [1.165, 1.54) is 0 Å². The number of rotatable bonds is 4. The molecular formula is C17H21N3O2. The summed E-state index contributed by atoms with van der Waals surface area (Å²) in [5.74, 6) is 1.59. The van der Waals surface area contributed by atoms with Crippen LogP contribution >= 0.6 is 0 Å². The quantitative estimate of drug-likeness (QED) is 0.870. The number of oxazole rings is 1. The summed E-state index contributed by atoms with van der Waals surface area (Å²) in [5.41, 5.74) is 1.02. The second-order valence-electron chi connectivity index (χ2n) is 5.85. The van der Waals surface area contributed by atoms with Crippen LogP contribution in [0.4, 0.5) is 0 Å². The molecular weight excluding hydrogens is 278 g/mol. The summed E-state index contributed by atoms with van der Waals surface area (Å²) in [6, 6.07) is 9.87. The fourth-order valence-electron chi connectivity index (χ4n) is 2.89. The van der Waals surface area contributed by atoms with E-state index in [2.05, 4.69) is 9.88 Å². The van der Waals surface area contributed by atoms with Crippen molar-refractivity contribution >= 4 is 5.91 Å². The van der Waals surface area contributed by atoms with Crippen LogP contribution in [-0.2, 0) is 11.3 Å². The molecule has 2 heterocycles. The largest absolute Gasteiger partial charge is 0.439 e. The molecule has 1 atom stereocenters. The minimum absolute atomic E-state index is 0.0536. The molecule has 0 N–H and O–H groups in total. The Bertz CT molecular complexity index is 636. The highest BCUT2D eigenvalue weighted by molar-refractivity contribution is 5.81. The van der Waals surface area contributed by atoms with Gasteiger partial charge in [-0.1, -0.05) is 30.3 Å². The number of aromatic nitrogens is 1. The van der Waals surface area contributed by atoms with Crippen molar-refractivity contribution in [3.05, 3.63) is 42.4 Å². The predicted octanol–water partition coefficient (Wildman–Crippen LogP) is 2.39. The summed E-state index contributed by atoms with van der Waals surface area (Å²) in [6.45, 7) is 1.49. The average Bonchev–Trinajstić information content (AvgIpc) is 3.17. The van der Waals surface area contributed by atoms with Gasteiger partial charge in [0.15, 0.2) is 5.76 Å². The molecule has 1 unspecified atom stereocenters. The third-order valence-corrected chi connectivity index (χ3v) is 4.04. The Morgan fingerprint density at radius 3 is 2.86 bits per heavy atom. The second-order valence-corrected chi connectivity index (χ2v) is 5.85. The van der Waals surface area contributed by atoms with Gasteiger partial charge in [0.2, 0.25) is 11.8 Å². The lowest BCUT2D eigenvalue weighted by atomic mass is 10.2. The van der Waals surface area contributed by atoms with Crippen molar-refractivity contribution in [3.63, 3.8) is 0 Å². The first kappa shape index (κ1) is 14.8. The Kier molecular flexibility index (Phi) is 4.24. The first-order valence-electron chi connectivity index (χ1n) is 7.60. The van der Waals surface area contributed by atoms with E-state index in [1.54, 1.807) is 25.2 Å². The number of likely N-dealkylation sites (N-methyl/N-ethyl adjacent to an activating group) is 1. The maximum Gasteiger partial charge on any atom is 0.239 e. The van der Waals surface area contributed by atoms with Crippen molar-refractivity contribution in [1.29, 1.82) is 0 Å². The molecule has 2 aromatic rings. The first-order valence-corrected chi connectivity index (χ1v) is 7.60. The van der Waals surface area contributed by atoms with Gasteiger partial charge in [0.25, 0.3) is 0 Å². The maximum atomic E-state index is 12.2. The van der Waals surface area contributed by atoms with Gasteiger partial charge in [-0.25, -0.2) is 4.98 Å². The monoisotopic (exact) mass is 299 g/mol. The van der Waals surface area contributed by atoms with E-state index in [0.717, 1.165) is 30.7 Å². The van der Waals surface area contributed by atoms with Crippen molar-refractivity contribution < 1.29 is 9.21 Å². The van der Waals surface area contributed by atoms with Crippen LogP contribution in [0.5, 0.6) is 0 Å². The van der Waals surface area contributed by atoms with E-state index in [4.69, 9.17) is 4.42 Å². The summed E-state index contributed by atoms with van der Waals surface area (Å²) in [5, 5.41) is 0. The molecule has 1 fully saturated rings. The Hall–Kier alpha value is -2.14. The summed E-state index contributed by atoms with van der Waals surface area (Å²) < 4.78 is 5.84. The van der Waals surface area contributed by atoms with Crippen molar-refractivity contribution in [1.82, 2.24) is 14.8 Å². The normalized spacial score (nSPS) is 18.5. The SMILES string of the molecule is CN(C)C(=O)C1CCCN1Cc1ncc(-c2ccccc2)o1. The molecule has 0 saturated carbocycles. The molecule has 1 saturated heterocycles. The molecule has 116 valence electrons. The van der Waals surface area contributed by atoms with Crippen LogP contribution < -0.4 is 0 Å². The number of carbonyl (C=O) groups is 1. The molecule has 1 aromatic heterocycles. The number of carbonyl (C=O) groups excluding carboxylic acids is 1. The average molecular weight is 299 g/mol. The smallest absolute Gasteiger partial charge is 0.239 e. The van der Waals surface area contributed by atoms with Gasteiger partial charge < -0.3 is 9.32 Å². The van der Waals surface area contributed by atoms with E-state index in [0.29, 0.717) is 12.4 Å². The van der Waals surface area contributed by atoms with E-state index in [1.807, 2.05) is 30.3 Å². The third-order valence-electron chi connectivity index (χ3n) is 4.04. The lowest BCUT2D eigenvalue weighted by molar-refractivity contribution is -0.133. The highest BCUT2D eigenvalue weighted by Crippen LogP contribution is 2.24. The highest BCUT2D eigenvalue weighted by Gasteiger charge is 2.32. The number of hydrogen-bond acceptors (Lipinski definition) is 4. The zero-order valence-corrected chi connectivity index (χ0v) is 13.0. The number of likely N-dealkylation sites (tertiary alicyclic amines) is 1. The summed E-state index contributed by atoms with van der Waals surface area (Å²) in [6.07, 6.45) is 3.70. The molecule has 0 spiro atoms. The minimum Gasteiger partial charge on any atom is -0.439 e. The fourth-order valence-corrected chi connectivity index (χ4v) is 2.89. The van der Waals surface area contributed by atoms with Gasteiger partial charge in [-0.05, 0) is 19.4 Å². The molecule has 0 aliphatic carbocycles. The van der Waals surface area contributed by atoms with Gasteiger partial charge in [-0.3, -0.25) is 9.69 Å². The standard InChI is InChI=1S/C17H21N3O2/c1-19(2)17(21)14-9-6-10-20(14)12-16-18-11-15(22-16)13-7-4-3-5-8-13/h3-5,7-8,11,14H,6,9-10,12H2,1-2H3. The topological polar surface area (TPSA) is 49.6 Å². The summed E-state index contributed by atoms with van der Waals surface area (Å²) >= 11 is 0. The van der Waals surface area contributed by atoms with Gasteiger partial charge in [0, 0.05) is 19.7 Å². The van der Waals surface area contributed by atoms with Crippen molar-refractivity contribution in [2.24, 2.45) is 0 Å². The summed E-state index contributed by atoms with van der Waals surface area (Å²) in [7, 11) is 3.61. The first-order chi connectivity index (χ1) is 10.6. The lowest BCUT2D eigenvalue weighted by Gasteiger charge is -2.24. The molecule has 1 aliphatic heterocycles. The Labute approximate surface area is 130 Å². The van der Waals surface area contributed by atoms with Crippen molar-refractivity contribution in [2.45, 2.75) is 25.4 Å². The fraction of sp³-hybridized carbons (Fsp3) is 0.412.